The van der Waals surface area contributed by atoms with Crippen LogP contribution in [0.1, 0.15) is 36.0 Å². The number of rotatable bonds is 2. The number of nitrogens with one attached hydrogen (secondary N) is 1. The molecule has 1 saturated carbocycles. The monoisotopic (exact) mass is 286 g/mol. The number of benzene rings is 1. The molecule has 2 fully saturated rings. The molecule has 1 heterocycles. The predicted molar refractivity (Wildman–Crippen MR) is 80.8 cm³/mol. The Morgan fingerprint density at radius 1 is 1.24 bits per heavy atom. The molecule has 2 unspecified atom stereocenters. The first-order chi connectivity index (χ1) is 10.2. The van der Waals surface area contributed by atoms with E-state index in [4.69, 9.17) is 0 Å². The van der Waals surface area contributed by atoms with Gasteiger partial charge in [0.1, 0.15) is 0 Å². The van der Waals surface area contributed by atoms with Crippen LogP contribution in [0, 0.1) is 11.3 Å². The Balaban J connectivity index is 1.76. The van der Waals surface area contributed by atoms with Crippen molar-refractivity contribution in [2.24, 2.45) is 11.3 Å². The molecule has 1 N–H and O–H groups in total. The summed E-state index contributed by atoms with van der Waals surface area (Å²) in [5.41, 5.74) is 0.744. The Labute approximate surface area is 125 Å². The number of likely N-dealkylation sites (tertiary alicyclic amines) is 1. The number of nitrogens with zero attached hydrogens (tertiary/aromatic N) is 1. The summed E-state index contributed by atoms with van der Waals surface area (Å²) in [6, 6.07) is 9.42. The molecule has 2 atom stereocenters. The van der Waals surface area contributed by atoms with E-state index in [0.29, 0.717) is 0 Å². The summed E-state index contributed by atoms with van der Waals surface area (Å²) in [6.07, 6.45) is 4.05. The van der Waals surface area contributed by atoms with Crippen molar-refractivity contribution in [3.63, 3.8) is 0 Å². The first-order valence-electron chi connectivity index (χ1n) is 7.72. The fourth-order valence-electron chi connectivity index (χ4n) is 4.04. The summed E-state index contributed by atoms with van der Waals surface area (Å²) in [4.78, 5) is 26.6. The van der Waals surface area contributed by atoms with Crippen LogP contribution in [0.25, 0.3) is 0 Å². The van der Waals surface area contributed by atoms with E-state index in [2.05, 4.69) is 5.32 Å². The van der Waals surface area contributed by atoms with Crippen molar-refractivity contribution in [2.75, 3.05) is 20.1 Å². The second kappa shape index (κ2) is 5.51. The zero-order valence-corrected chi connectivity index (χ0v) is 12.5. The number of carbonyl (C=O) groups excluding carboxylic acids is 2. The zero-order chi connectivity index (χ0) is 14.9. The number of hydrogen-bond acceptors (Lipinski definition) is 2. The molecular formula is C17H22N2O2. The maximum Gasteiger partial charge on any atom is 0.253 e. The highest BCUT2D eigenvalue weighted by atomic mass is 16.2. The molecule has 1 saturated heterocycles. The van der Waals surface area contributed by atoms with Gasteiger partial charge in [0.05, 0.1) is 0 Å². The molecule has 4 nitrogen and oxygen atoms in total. The lowest BCUT2D eigenvalue weighted by Gasteiger charge is -2.30. The van der Waals surface area contributed by atoms with E-state index < -0.39 is 0 Å². The Morgan fingerprint density at radius 2 is 2.00 bits per heavy atom. The maximum absolute atomic E-state index is 12.6. The van der Waals surface area contributed by atoms with E-state index in [-0.39, 0.29) is 23.1 Å². The van der Waals surface area contributed by atoms with Crippen LogP contribution >= 0.6 is 0 Å². The quantitative estimate of drug-likeness (QED) is 0.904. The second-order valence-corrected chi connectivity index (χ2v) is 6.26. The van der Waals surface area contributed by atoms with Gasteiger partial charge in [-0.3, -0.25) is 9.59 Å². The first kappa shape index (κ1) is 14.1. The average molecular weight is 286 g/mol. The Bertz CT molecular complexity index is 543. The standard InChI is InChI=1S/C17H22N2O2/c1-18-15(20)14-8-5-9-17(14)10-11-19(12-17)16(21)13-6-3-2-4-7-13/h2-4,6-7,14H,5,8-12H2,1H3,(H,18,20). The molecule has 1 aromatic carbocycles. The average Bonchev–Trinajstić information content (AvgIpc) is 3.14. The van der Waals surface area contributed by atoms with Gasteiger partial charge >= 0.3 is 0 Å². The smallest absolute Gasteiger partial charge is 0.253 e. The second-order valence-electron chi connectivity index (χ2n) is 6.26. The normalized spacial score (nSPS) is 28.0. The van der Waals surface area contributed by atoms with Gasteiger partial charge in [-0.25, -0.2) is 0 Å². The molecule has 2 amide bonds. The van der Waals surface area contributed by atoms with Crippen molar-refractivity contribution in [3.05, 3.63) is 35.9 Å². The Morgan fingerprint density at radius 3 is 2.71 bits per heavy atom. The van der Waals surface area contributed by atoms with Gasteiger partial charge in [-0.1, -0.05) is 24.6 Å². The molecule has 3 rings (SSSR count). The van der Waals surface area contributed by atoms with Crippen molar-refractivity contribution in [2.45, 2.75) is 25.7 Å². The van der Waals surface area contributed by atoms with Gasteiger partial charge < -0.3 is 10.2 Å². The molecule has 1 spiro atoms. The molecule has 1 aliphatic carbocycles. The van der Waals surface area contributed by atoms with Gasteiger partial charge in [0.25, 0.3) is 5.91 Å². The Hall–Kier alpha value is -1.84. The van der Waals surface area contributed by atoms with E-state index in [1.807, 2.05) is 35.2 Å². The number of carbonyl (C=O) groups is 2. The minimum Gasteiger partial charge on any atom is -0.359 e. The van der Waals surface area contributed by atoms with Crippen LogP contribution in [-0.4, -0.2) is 36.9 Å². The van der Waals surface area contributed by atoms with E-state index in [0.717, 1.165) is 44.3 Å². The molecule has 1 aliphatic heterocycles. The van der Waals surface area contributed by atoms with Crippen LogP contribution in [-0.2, 0) is 4.79 Å². The minimum absolute atomic E-state index is 0.00450. The third-order valence-corrected chi connectivity index (χ3v) is 5.16. The summed E-state index contributed by atoms with van der Waals surface area (Å²) in [5.74, 6) is 0.299. The lowest BCUT2D eigenvalue weighted by Crippen LogP contribution is -2.40. The van der Waals surface area contributed by atoms with Crippen LogP contribution in [0.2, 0.25) is 0 Å². The van der Waals surface area contributed by atoms with Gasteiger partial charge in [-0.15, -0.1) is 0 Å². The molecule has 2 aliphatic rings. The zero-order valence-electron chi connectivity index (χ0n) is 12.5. The first-order valence-corrected chi connectivity index (χ1v) is 7.72. The maximum atomic E-state index is 12.6. The molecule has 0 aromatic heterocycles. The third-order valence-electron chi connectivity index (χ3n) is 5.16. The van der Waals surface area contributed by atoms with Crippen molar-refractivity contribution in [1.29, 1.82) is 0 Å². The molecule has 112 valence electrons. The van der Waals surface area contributed by atoms with E-state index in [1.54, 1.807) is 7.05 Å². The van der Waals surface area contributed by atoms with Crippen LogP contribution in [0.5, 0.6) is 0 Å². The van der Waals surface area contributed by atoms with Crippen LogP contribution in [0.4, 0.5) is 0 Å². The lowest BCUT2D eigenvalue weighted by molar-refractivity contribution is -0.127. The SMILES string of the molecule is CNC(=O)C1CCCC12CCN(C(=O)c1ccccc1)C2. The van der Waals surface area contributed by atoms with Gasteiger partial charge in [-0.05, 0) is 31.4 Å². The highest BCUT2D eigenvalue weighted by molar-refractivity contribution is 5.94. The largest absolute Gasteiger partial charge is 0.359 e. The van der Waals surface area contributed by atoms with E-state index in [9.17, 15) is 9.59 Å². The van der Waals surface area contributed by atoms with Gasteiger partial charge in [0, 0.05) is 37.0 Å². The van der Waals surface area contributed by atoms with Crippen LogP contribution < -0.4 is 5.32 Å². The van der Waals surface area contributed by atoms with Crippen molar-refractivity contribution < 1.29 is 9.59 Å². The molecule has 0 radical (unpaired) electrons. The van der Waals surface area contributed by atoms with Crippen LogP contribution in [0.3, 0.4) is 0 Å². The molecule has 4 heteroatoms. The summed E-state index contributed by atoms with van der Waals surface area (Å²) in [6.45, 7) is 1.49. The number of hydrogen-bond donors (Lipinski definition) is 1. The fraction of sp³-hybridized carbons (Fsp3) is 0.529. The number of amides is 2. The molecule has 21 heavy (non-hydrogen) atoms. The van der Waals surface area contributed by atoms with Gasteiger partial charge in [0.2, 0.25) is 5.91 Å². The van der Waals surface area contributed by atoms with E-state index >= 15 is 0 Å². The van der Waals surface area contributed by atoms with Crippen LogP contribution in [0.15, 0.2) is 30.3 Å². The summed E-state index contributed by atoms with van der Waals surface area (Å²) >= 11 is 0. The van der Waals surface area contributed by atoms with Gasteiger partial charge in [-0.2, -0.15) is 0 Å². The highest BCUT2D eigenvalue weighted by Crippen LogP contribution is 2.49. The molecule has 1 aromatic rings. The molecule has 0 bridgehead atoms. The third kappa shape index (κ3) is 2.43. The Kier molecular flexibility index (Phi) is 3.70. The van der Waals surface area contributed by atoms with Gasteiger partial charge in [0.15, 0.2) is 0 Å². The summed E-state index contributed by atoms with van der Waals surface area (Å²) in [5, 5.41) is 2.79. The fourth-order valence-corrected chi connectivity index (χ4v) is 4.04. The van der Waals surface area contributed by atoms with E-state index in [1.165, 1.54) is 0 Å². The minimum atomic E-state index is 0.00450. The van der Waals surface area contributed by atoms with Crippen molar-refractivity contribution >= 4 is 11.8 Å². The highest BCUT2D eigenvalue weighted by Gasteiger charge is 2.50. The predicted octanol–water partition coefficient (Wildman–Crippen LogP) is 2.06. The summed E-state index contributed by atoms with van der Waals surface area (Å²) in [7, 11) is 1.70. The summed E-state index contributed by atoms with van der Waals surface area (Å²) < 4.78 is 0. The lowest BCUT2D eigenvalue weighted by atomic mass is 9.76. The molecular weight excluding hydrogens is 264 g/mol. The van der Waals surface area contributed by atoms with Crippen molar-refractivity contribution in [3.8, 4) is 0 Å². The topological polar surface area (TPSA) is 49.4 Å². The van der Waals surface area contributed by atoms with Crippen molar-refractivity contribution in [1.82, 2.24) is 10.2 Å².